The van der Waals surface area contributed by atoms with Gasteiger partial charge in [-0.3, -0.25) is 9.69 Å². The van der Waals surface area contributed by atoms with E-state index in [9.17, 15) is 4.79 Å². The zero-order valence-corrected chi connectivity index (χ0v) is 11.4. The van der Waals surface area contributed by atoms with E-state index in [0.717, 1.165) is 13.1 Å². The van der Waals surface area contributed by atoms with Gasteiger partial charge in [0.2, 0.25) is 5.91 Å². The first-order valence-electron chi connectivity index (χ1n) is 6.55. The Labute approximate surface area is 109 Å². The highest BCUT2D eigenvalue weighted by atomic mass is 16.5. The molecular weight excluding hydrogens is 234 g/mol. The second-order valence-corrected chi connectivity index (χ2v) is 4.69. The van der Waals surface area contributed by atoms with Crippen molar-refractivity contribution in [3.8, 4) is 0 Å². The van der Waals surface area contributed by atoms with Gasteiger partial charge in [0, 0.05) is 25.7 Å². The SMILES string of the molecule is CC(C)NC(=O)C1COCCN1CCOCCN. The van der Waals surface area contributed by atoms with Crippen molar-refractivity contribution in [1.82, 2.24) is 10.2 Å². The molecule has 0 spiro atoms. The molecule has 3 N–H and O–H groups in total. The number of nitrogens with one attached hydrogen (secondary N) is 1. The van der Waals surface area contributed by atoms with Crippen LogP contribution in [0.1, 0.15) is 13.8 Å². The summed E-state index contributed by atoms with van der Waals surface area (Å²) in [4.78, 5) is 14.1. The molecule has 0 bridgehead atoms. The van der Waals surface area contributed by atoms with Crippen molar-refractivity contribution in [3.63, 3.8) is 0 Å². The molecule has 1 fully saturated rings. The van der Waals surface area contributed by atoms with Crippen molar-refractivity contribution in [1.29, 1.82) is 0 Å². The first kappa shape index (κ1) is 15.4. The summed E-state index contributed by atoms with van der Waals surface area (Å²) in [6, 6.07) is -0.0580. The molecule has 0 aromatic rings. The molecule has 1 aliphatic rings. The lowest BCUT2D eigenvalue weighted by atomic mass is 10.2. The van der Waals surface area contributed by atoms with Gasteiger partial charge in [0.05, 0.1) is 26.4 Å². The van der Waals surface area contributed by atoms with E-state index in [1.54, 1.807) is 0 Å². The number of carbonyl (C=O) groups excluding carboxylic acids is 1. The van der Waals surface area contributed by atoms with E-state index in [0.29, 0.717) is 33.0 Å². The zero-order valence-electron chi connectivity index (χ0n) is 11.4. The molecule has 6 heteroatoms. The van der Waals surface area contributed by atoms with Crippen LogP contribution in [0.5, 0.6) is 0 Å². The van der Waals surface area contributed by atoms with Gasteiger partial charge in [-0.05, 0) is 13.8 Å². The molecule has 1 aliphatic heterocycles. The molecule has 0 aromatic carbocycles. The first-order chi connectivity index (χ1) is 8.65. The molecule has 1 rings (SSSR count). The number of nitrogens with two attached hydrogens (primary N) is 1. The van der Waals surface area contributed by atoms with Gasteiger partial charge < -0.3 is 20.5 Å². The van der Waals surface area contributed by atoms with Gasteiger partial charge in [-0.15, -0.1) is 0 Å². The zero-order chi connectivity index (χ0) is 13.4. The standard InChI is InChI=1S/C12H25N3O3/c1-10(2)14-12(16)11-9-18-8-5-15(11)4-7-17-6-3-13/h10-11H,3-9,13H2,1-2H3,(H,14,16). The van der Waals surface area contributed by atoms with Gasteiger partial charge in [0.25, 0.3) is 0 Å². The van der Waals surface area contributed by atoms with E-state index in [2.05, 4.69) is 10.2 Å². The summed E-state index contributed by atoms with van der Waals surface area (Å²) in [5.41, 5.74) is 5.36. The molecule has 18 heavy (non-hydrogen) atoms. The van der Waals surface area contributed by atoms with Gasteiger partial charge in [-0.25, -0.2) is 0 Å². The molecule has 1 amide bonds. The minimum Gasteiger partial charge on any atom is -0.379 e. The Kier molecular flexibility index (Phi) is 7.19. The molecular formula is C12H25N3O3. The molecule has 106 valence electrons. The van der Waals surface area contributed by atoms with Crippen LogP contribution >= 0.6 is 0 Å². The third kappa shape index (κ3) is 5.30. The number of amides is 1. The van der Waals surface area contributed by atoms with E-state index in [-0.39, 0.29) is 18.0 Å². The molecule has 0 aromatic heterocycles. The van der Waals surface area contributed by atoms with Crippen molar-refractivity contribution in [3.05, 3.63) is 0 Å². The quantitative estimate of drug-likeness (QED) is 0.585. The van der Waals surface area contributed by atoms with Crippen molar-refractivity contribution in [2.24, 2.45) is 5.73 Å². The predicted octanol–water partition coefficient (Wildman–Crippen LogP) is -0.813. The minimum atomic E-state index is -0.206. The fraction of sp³-hybridized carbons (Fsp3) is 0.917. The van der Waals surface area contributed by atoms with Crippen LogP contribution in [0.15, 0.2) is 0 Å². The van der Waals surface area contributed by atoms with Crippen molar-refractivity contribution < 1.29 is 14.3 Å². The fourth-order valence-electron chi connectivity index (χ4n) is 1.90. The van der Waals surface area contributed by atoms with Crippen LogP contribution < -0.4 is 11.1 Å². The molecule has 0 radical (unpaired) electrons. The smallest absolute Gasteiger partial charge is 0.239 e. The van der Waals surface area contributed by atoms with E-state index < -0.39 is 0 Å². The van der Waals surface area contributed by atoms with Crippen LogP contribution in [0, 0.1) is 0 Å². The van der Waals surface area contributed by atoms with Crippen LogP contribution in [0.2, 0.25) is 0 Å². The van der Waals surface area contributed by atoms with Gasteiger partial charge >= 0.3 is 0 Å². The number of ether oxygens (including phenoxy) is 2. The maximum Gasteiger partial charge on any atom is 0.239 e. The van der Waals surface area contributed by atoms with E-state index >= 15 is 0 Å². The van der Waals surface area contributed by atoms with E-state index in [4.69, 9.17) is 15.2 Å². The summed E-state index contributed by atoms with van der Waals surface area (Å²) >= 11 is 0. The summed E-state index contributed by atoms with van der Waals surface area (Å²) < 4.78 is 10.7. The molecule has 0 saturated carbocycles. The van der Waals surface area contributed by atoms with Crippen molar-refractivity contribution in [2.75, 3.05) is 46.1 Å². The first-order valence-corrected chi connectivity index (χ1v) is 6.55. The normalized spacial score (nSPS) is 21.2. The largest absolute Gasteiger partial charge is 0.379 e. The lowest BCUT2D eigenvalue weighted by Crippen LogP contribution is -2.55. The fourth-order valence-corrected chi connectivity index (χ4v) is 1.90. The highest BCUT2D eigenvalue weighted by Gasteiger charge is 2.29. The lowest BCUT2D eigenvalue weighted by Gasteiger charge is -2.34. The topological polar surface area (TPSA) is 76.8 Å². The van der Waals surface area contributed by atoms with Gasteiger partial charge in [-0.1, -0.05) is 0 Å². The molecule has 1 unspecified atom stereocenters. The van der Waals surface area contributed by atoms with Crippen LogP contribution in [0.25, 0.3) is 0 Å². The average molecular weight is 259 g/mol. The molecule has 1 atom stereocenters. The Morgan fingerprint density at radius 1 is 1.56 bits per heavy atom. The average Bonchev–Trinajstić information content (AvgIpc) is 2.34. The number of carbonyl (C=O) groups is 1. The van der Waals surface area contributed by atoms with E-state index in [1.807, 2.05) is 13.8 Å². The predicted molar refractivity (Wildman–Crippen MR) is 69.3 cm³/mol. The Bertz CT molecular complexity index is 249. The minimum absolute atomic E-state index is 0.0310. The maximum absolute atomic E-state index is 12.0. The van der Waals surface area contributed by atoms with Gasteiger partial charge in [0.15, 0.2) is 0 Å². The Balaban J connectivity index is 2.38. The highest BCUT2D eigenvalue weighted by molar-refractivity contribution is 5.82. The van der Waals surface area contributed by atoms with Crippen molar-refractivity contribution in [2.45, 2.75) is 25.9 Å². The number of hydrogen-bond acceptors (Lipinski definition) is 5. The number of morpholine rings is 1. The van der Waals surface area contributed by atoms with Crippen LogP contribution in [-0.4, -0.2) is 69.0 Å². The van der Waals surface area contributed by atoms with Gasteiger partial charge in [-0.2, -0.15) is 0 Å². The third-order valence-electron chi connectivity index (χ3n) is 2.76. The summed E-state index contributed by atoms with van der Waals surface area (Å²) in [6.07, 6.45) is 0. The molecule has 1 heterocycles. The number of rotatable bonds is 7. The number of nitrogens with zero attached hydrogens (tertiary/aromatic N) is 1. The Morgan fingerprint density at radius 3 is 3.00 bits per heavy atom. The van der Waals surface area contributed by atoms with Crippen LogP contribution in [0.4, 0.5) is 0 Å². The second kappa shape index (κ2) is 8.42. The summed E-state index contributed by atoms with van der Waals surface area (Å²) in [6.45, 7) is 8.22. The second-order valence-electron chi connectivity index (χ2n) is 4.69. The molecule has 6 nitrogen and oxygen atoms in total. The Hall–Kier alpha value is -0.690. The molecule has 1 saturated heterocycles. The van der Waals surface area contributed by atoms with E-state index in [1.165, 1.54) is 0 Å². The molecule has 0 aliphatic carbocycles. The summed E-state index contributed by atoms with van der Waals surface area (Å²) in [5.74, 6) is 0.0310. The van der Waals surface area contributed by atoms with Crippen LogP contribution in [-0.2, 0) is 14.3 Å². The van der Waals surface area contributed by atoms with Crippen LogP contribution in [0.3, 0.4) is 0 Å². The monoisotopic (exact) mass is 259 g/mol. The number of hydrogen-bond donors (Lipinski definition) is 2. The lowest BCUT2D eigenvalue weighted by molar-refractivity contribution is -0.133. The van der Waals surface area contributed by atoms with Crippen molar-refractivity contribution >= 4 is 5.91 Å². The Morgan fingerprint density at radius 2 is 2.33 bits per heavy atom. The summed E-state index contributed by atoms with van der Waals surface area (Å²) in [5, 5.41) is 2.92. The third-order valence-corrected chi connectivity index (χ3v) is 2.76. The van der Waals surface area contributed by atoms with Gasteiger partial charge in [0.1, 0.15) is 6.04 Å². The maximum atomic E-state index is 12.0. The highest BCUT2D eigenvalue weighted by Crippen LogP contribution is 2.07. The summed E-state index contributed by atoms with van der Waals surface area (Å²) in [7, 11) is 0.